The monoisotopic (exact) mass is 405 g/mol. The van der Waals surface area contributed by atoms with E-state index in [1.54, 1.807) is 42.5 Å². The lowest BCUT2D eigenvalue weighted by Gasteiger charge is -2.32. The van der Waals surface area contributed by atoms with Crippen LogP contribution in [0, 0.1) is 11.3 Å². The van der Waals surface area contributed by atoms with Gasteiger partial charge in [0.25, 0.3) is 0 Å². The molecule has 154 valence electrons. The zero-order chi connectivity index (χ0) is 22.1. The molecule has 3 rings (SSSR count). The van der Waals surface area contributed by atoms with Crippen LogP contribution >= 0.6 is 0 Å². The van der Waals surface area contributed by atoms with Gasteiger partial charge in [-0.25, -0.2) is 0 Å². The van der Waals surface area contributed by atoms with Gasteiger partial charge in [0.2, 0.25) is 0 Å². The molecule has 1 saturated heterocycles. The number of rotatable bonds is 5. The fourth-order valence-electron chi connectivity index (χ4n) is 3.11. The molecular weight excluding hydrogens is 381 g/mol. The van der Waals surface area contributed by atoms with E-state index in [0.29, 0.717) is 27.7 Å². The van der Waals surface area contributed by atoms with Crippen LogP contribution in [0.4, 0.5) is 0 Å². The molecule has 0 spiro atoms. The number of nitriles is 1. The van der Waals surface area contributed by atoms with E-state index >= 15 is 0 Å². The maximum absolute atomic E-state index is 12.9. The number of hydrogen-bond donors (Lipinski definition) is 0. The third-order valence-electron chi connectivity index (χ3n) is 5.62. The van der Waals surface area contributed by atoms with Crippen LogP contribution in [-0.4, -0.2) is 30.1 Å². The molecule has 0 aromatic heterocycles. The number of ether oxygens (including phenoxy) is 1. The minimum atomic E-state index is -0.639. The molecule has 0 radical (unpaired) electrons. The van der Waals surface area contributed by atoms with E-state index in [-0.39, 0.29) is 12.4 Å². The molecule has 6 nitrogen and oxygen atoms in total. The van der Waals surface area contributed by atoms with E-state index in [1.165, 1.54) is 6.92 Å². The van der Waals surface area contributed by atoms with Gasteiger partial charge in [-0.05, 0) is 69.1 Å². The number of benzene rings is 2. The molecule has 0 N–H and O–H groups in total. The van der Waals surface area contributed by atoms with E-state index < -0.39 is 24.3 Å². The fraction of sp³-hybridized carbons (Fsp3) is 0.348. The summed E-state index contributed by atoms with van der Waals surface area (Å²) in [6.45, 7) is 9.18. The summed E-state index contributed by atoms with van der Waals surface area (Å²) in [4.78, 5) is 24.3. The van der Waals surface area contributed by atoms with Crippen molar-refractivity contribution in [3.63, 3.8) is 0 Å². The van der Waals surface area contributed by atoms with Gasteiger partial charge in [0.15, 0.2) is 5.78 Å². The van der Waals surface area contributed by atoms with Gasteiger partial charge in [0.1, 0.15) is 6.61 Å². The third-order valence-corrected chi connectivity index (χ3v) is 5.62. The predicted molar refractivity (Wildman–Crippen MR) is 112 cm³/mol. The molecule has 1 aliphatic heterocycles. The second-order valence-electron chi connectivity index (χ2n) is 8.30. The summed E-state index contributed by atoms with van der Waals surface area (Å²) in [7, 11) is -0.639. The van der Waals surface area contributed by atoms with Gasteiger partial charge >= 0.3 is 13.1 Å². The lowest BCUT2D eigenvalue weighted by atomic mass is 9.75. The molecule has 30 heavy (non-hydrogen) atoms. The van der Waals surface area contributed by atoms with Crippen molar-refractivity contribution < 1.29 is 23.6 Å². The molecule has 7 heteroatoms. The quantitative estimate of drug-likeness (QED) is 0.432. The molecule has 1 aliphatic rings. The first-order valence-electron chi connectivity index (χ1n) is 9.71. The molecule has 0 saturated carbocycles. The average Bonchev–Trinajstić information content (AvgIpc) is 2.92. The Morgan fingerprint density at radius 2 is 1.57 bits per heavy atom. The number of carbonyl (C=O) groups excluding carboxylic acids is 2. The maximum Gasteiger partial charge on any atom is 0.495 e. The molecule has 2 aromatic carbocycles. The van der Waals surface area contributed by atoms with Crippen molar-refractivity contribution in [1.82, 2.24) is 0 Å². The van der Waals surface area contributed by atoms with Crippen molar-refractivity contribution in [3.8, 4) is 6.07 Å². The van der Waals surface area contributed by atoms with Crippen LogP contribution in [-0.2, 0) is 25.4 Å². The molecular formula is C23H24BNO5. The van der Waals surface area contributed by atoms with Crippen LogP contribution in [0.2, 0.25) is 0 Å². The summed E-state index contributed by atoms with van der Waals surface area (Å²) >= 11 is 0. The second kappa shape index (κ2) is 8.06. The van der Waals surface area contributed by atoms with Gasteiger partial charge in [-0.2, -0.15) is 5.26 Å². The molecule has 0 amide bonds. The van der Waals surface area contributed by atoms with Gasteiger partial charge < -0.3 is 14.0 Å². The summed E-state index contributed by atoms with van der Waals surface area (Å²) < 4.78 is 17.5. The molecule has 0 aliphatic carbocycles. The summed E-state index contributed by atoms with van der Waals surface area (Å²) in [6.07, 6.45) is 0. The summed E-state index contributed by atoms with van der Waals surface area (Å²) in [6, 6.07) is 13.7. The van der Waals surface area contributed by atoms with Crippen molar-refractivity contribution in [2.75, 3.05) is 0 Å². The predicted octanol–water partition coefficient (Wildman–Crippen LogP) is 3.15. The van der Waals surface area contributed by atoms with Gasteiger partial charge in [-0.15, -0.1) is 0 Å². The Morgan fingerprint density at radius 1 is 1.00 bits per heavy atom. The highest BCUT2D eigenvalue weighted by molar-refractivity contribution is 6.62. The fourth-order valence-corrected chi connectivity index (χ4v) is 3.11. The normalized spacial score (nSPS) is 16.7. The highest BCUT2D eigenvalue weighted by atomic mass is 16.7. The van der Waals surface area contributed by atoms with E-state index in [2.05, 4.69) is 0 Å². The standard InChI is InChI=1S/C23H24BNO5/c1-15(26)28-14-19-12-18(21(27)17-8-6-16(13-25)7-9-17)10-11-20(19)24-29-22(2,3)23(4,5)30-24/h6-12H,14H2,1-5H3. The smallest absolute Gasteiger partial charge is 0.461 e. The van der Waals surface area contributed by atoms with Crippen molar-refractivity contribution in [3.05, 3.63) is 64.7 Å². The molecule has 1 fully saturated rings. The Hall–Kier alpha value is -2.95. The zero-order valence-electron chi connectivity index (χ0n) is 17.8. The van der Waals surface area contributed by atoms with Crippen molar-refractivity contribution in [2.24, 2.45) is 0 Å². The summed E-state index contributed by atoms with van der Waals surface area (Å²) in [5.74, 6) is -0.609. The Kier molecular flexibility index (Phi) is 5.84. The Morgan fingerprint density at radius 3 is 2.10 bits per heavy atom. The van der Waals surface area contributed by atoms with Gasteiger partial charge in [0.05, 0.1) is 22.8 Å². The Labute approximate surface area is 176 Å². The van der Waals surface area contributed by atoms with E-state index in [1.807, 2.05) is 33.8 Å². The number of esters is 1. The number of ketones is 1. The van der Waals surface area contributed by atoms with Gasteiger partial charge in [-0.1, -0.05) is 12.1 Å². The van der Waals surface area contributed by atoms with Crippen molar-refractivity contribution in [2.45, 2.75) is 52.4 Å². The molecule has 1 heterocycles. The number of carbonyl (C=O) groups is 2. The Balaban J connectivity index is 1.96. The molecule has 2 aromatic rings. The largest absolute Gasteiger partial charge is 0.495 e. The third kappa shape index (κ3) is 4.30. The minimum absolute atomic E-state index is 0.00321. The van der Waals surface area contributed by atoms with Crippen LogP contribution in [0.5, 0.6) is 0 Å². The summed E-state index contributed by atoms with van der Waals surface area (Å²) in [5, 5.41) is 8.93. The maximum atomic E-state index is 12.9. The lowest BCUT2D eigenvalue weighted by molar-refractivity contribution is -0.142. The highest BCUT2D eigenvalue weighted by Gasteiger charge is 2.52. The first kappa shape index (κ1) is 21.8. The average molecular weight is 405 g/mol. The van der Waals surface area contributed by atoms with Crippen LogP contribution in [0.15, 0.2) is 42.5 Å². The first-order chi connectivity index (χ1) is 14.0. The number of hydrogen-bond acceptors (Lipinski definition) is 6. The van der Waals surface area contributed by atoms with Crippen LogP contribution < -0.4 is 5.46 Å². The van der Waals surface area contributed by atoms with E-state index in [4.69, 9.17) is 19.3 Å². The first-order valence-corrected chi connectivity index (χ1v) is 9.71. The van der Waals surface area contributed by atoms with Crippen LogP contribution in [0.25, 0.3) is 0 Å². The molecule has 0 bridgehead atoms. The minimum Gasteiger partial charge on any atom is -0.461 e. The van der Waals surface area contributed by atoms with Crippen LogP contribution in [0.3, 0.4) is 0 Å². The van der Waals surface area contributed by atoms with Crippen molar-refractivity contribution >= 4 is 24.3 Å². The van der Waals surface area contributed by atoms with Crippen molar-refractivity contribution in [1.29, 1.82) is 5.26 Å². The SMILES string of the molecule is CC(=O)OCc1cc(C(=O)c2ccc(C#N)cc2)ccc1B1OC(C)(C)C(C)(C)O1. The van der Waals surface area contributed by atoms with Gasteiger partial charge in [-0.3, -0.25) is 9.59 Å². The molecule has 0 atom stereocenters. The van der Waals surface area contributed by atoms with Gasteiger partial charge in [0, 0.05) is 18.1 Å². The van der Waals surface area contributed by atoms with E-state index in [0.717, 1.165) is 0 Å². The molecule has 0 unspecified atom stereocenters. The highest BCUT2D eigenvalue weighted by Crippen LogP contribution is 2.36. The topological polar surface area (TPSA) is 85.6 Å². The second-order valence-corrected chi connectivity index (χ2v) is 8.30. The van der Waals surface area contributed by atoms with E-state index in [9.17, 15) is 9.59 Å². The lowest BCUT2D eigenvalue weighted by Crippen LogP contribution is -2.41. The Bertz CT molecular complexity index is 1000. The summed E-state index contributed by atoms with van der Waals surface area (Å²) in [5.41, 5.74) is 1.71. The zero-order valence-corrected chi connectivity index (χ0v) is 17.8. The van der Waals surface area contributed by atoms with Crippen LogP contribution in [0.1, 0.15) is 61.7 Å². The number of nitrogens with zero attached hydrogens (tertiary/aromatic N) is 1.